The van der Waals surface area contributed by atoms with Crippen molar-refractivity contribution in [1.29, 1.82) is 0 Å². The van der Waals surface area contributed by atoms with E-state index in [0.29, 0.717) is 24.9 Å². The Morgan fingerprint density at radius 3 is 2.86 bits per heavy atom. The Bertz CT molecular complexity index is 384. The predicted octanol–water partition coefficient (Wildman–Crippen LogP) is 1.09. The first kappa shape index (κ1) is 16.3. The van der Waals surface area contributed by atoms with Gasteiger partial charge in [0.25, 0.3) is 0 Å². The second-order valence-electron chi connectivity index (χ2n) is 6.76. The number of hydrogen-bond acceptors (Lipinski definition) is 3. The molecular formula is C16H29N3O2. The highest BCUT2D eigenvalue weighted by Gasteiger charge is 2.34. The maximum Gasteiger partial charge on any atom is 0.225 e. The summed E-state index contributed by atoms with van der Waals surface area (Å²) in [7, 11) is 0. The van der Waals surface area contributed by atoms with Crippen LogP contribution in [0.2, 0.25) is 0 Å². The average Bonchev–Trinajstić information content (AvgIpc) is 3.02. The number of amides is 2. The summed E-state index contributed by atoms with van der Waals surface area (Å²) in [6, 6.07) is 0.475. The molecule has 2 fully saturated rings. The fraction of sp³-hybridized carbons (Fsp3) is 0.875. The second-order valence-corrected chi connectivity index (χ2v) is 6.76. The smallest absolute Gasteiger partial charge is 0.225 e. The molecule has 2 heterocycles. The summed E-state index contributed by atoms with van der Waals surface area (Å²) in [5, 5.41) is 3.07. The van der Waals surface area contributed by atoms with Crippen molar-refractivity contribution in [2.75, 3.05) is 32.7 Å². The van der Waals surface area contributed by atoms with Crippen LogP contribution in [0.15, 0.2) is 0 Å². The van der Waals surface area contributed by atoms with E-state index in [1.165, 1.54) is 6.42 Å². The van der Waals surface area contributed by atoms with Gasteiger partial charge in [-0.25, -0.2) is 0 Å². The van der Waals surface area contributed by atoms with E-state index in [1.54, 1.807) is 0 Å². The predicted molar refractivity (Wildman–Crippen MR) is 82.8 cm³/mol. The van der Waals surface area contributed by atoms with Crippen LogP contribution in [-0.2, 0) is 9.59 Å². The molecule has 0 saturated carbocycles. The molecule has 1 N–H and O–H groups in total. The molecule has 2 rings (SSSR count). The van der Waals surface area contributed by atoms with Gasteiger partial charge in [-0.2, -0.15) is 0 Å². The van der Waals surface area contributed by atoms with Gasteiger partial charge < -0.3 is 10.2 Å². The van der Waals surface area contributed by atoms with Gasteiger partial charge in [0.05, 0.1) is 5.92 Å². The fourth-order valence-corrected chi connectivity index (χ4v) is 3.47. The molecule has 0 spiro atoms. The van der Waals surface area contributed by atoms with Crippen molar-refractivity contribution in [3.63, 3.8) is 0 Å². The lowest BCUT2D eigenvalue weighted by Crippen LogP contribution is -2.42. The molecule has 0 bridgehead atoms. The first-order valence-corrected chi connectivity index (χ1v) is 8.30. The lowest BCUT2D eigenvalue weighted by atomic mass is 10.1. The first-order valence-electron chi connectivity index (χ1n) is 8.30. The van der Waals surface area contributed by atoms with Crippen LogP contribution in [0.4, 0.5) is 0 Å². The van der Waals surface area contributed by atoms with Crippen molar-refractivity contribution < 1.29 is 9.59 Å². The highest BCUT2D eigenvalue weighted by atomic mass is 16.2. The van der Waals surface area contributed by atoms with Crippen LogP contribution in [0.3, 0.4) is 0 Å². The van der Waals surface area contributed by atoms with Gasteiger partial charge in [0, 0.05) is 32.1 Å². The summed E-state index contributed by atoms with van der Waals surface area (Å²) in [5.41, 5.74) is 0. The number of carbonyl (C=O) groups is 2. The summed E-state index contributed by atoms with van der Waals surface area (Å²) in [4.78, 5) is 28.4. The number of nitrogens with zero attached hydrogens (tertiary/aromatic N) is 2. The Balaban J connectivity index is 1.78. The van der Waals surface area contributed by atoms with E-state index in [4.69, 9.17) is 0 Å². The van der Waals surface area contributed by atoms with E-state index >= 15 is 0 Å². The fourth-order valence-electron chi connectivity index (χ4n) is 3.47. The van der Waals surface area contributed by atoms with Crippen molar-refractivity contribution in [2.45, 2.75) is 46.1 Å². The molecule has 21 heavy (non-hydrogen) atoms. The summed E-state index contributed by atoms with van der Waals surface area (Å²) >= 11 is 0. The summed E-state index contributed by atoms with van der Waals surface area (Å²) in [6.45, 7) is 10.6. The third kappa shape index (κ3) is 4.19. The van der Waals surface area contributed by atoms with E-state index in [0.717, 1.165) is 32.6 Å². The van der Waals surface area contributed by atoms with Crippen molar-refractivity contribution >= 4 is 11.8 Å². The van der Waals surface area contributed by atoms with Crippen LogP contribution in [0.5, 0.6) is 0 Å². The molecule has 0 radical (unpaired) electrons. The van der Waals surface area contributed by atoms with Gasteiger partial charge in [-0.1, -0.05) is 20.8 Å². The molecule has 5 heteroatoms. The van der Waals surface area contributed by atoms with Gasteiger partial charge in [-0.3, -0.25) is 14.5 Å². The first-order chi connectivity index (χ1) is 10.0. The van der Waals surface area contributed by atoms with Gasteiger partial charge in [0.15, 0.2) is 0 Å². The van der Waals surface area contributed by atoms with Crippen molar-refractivity contribution in [2.24, 2.45) is 11.8 Å². The maximum absolute atomic E-state index is 12.3. The molecule has 2 aliphatic heterocycles. The van der Waals surface area contributed by atoms with Crippen molar-refractivity contribution in [1.82, 2.24) is 15.1 Å². The largest absolute Gasteiger partial charge is 0.354 e. The summed E-state index contributed by atoms with van der Waals surface area (Å²) < 4.78 is 0. The highest BCUT2D eigenvalue weighted by molar-refractivity contribution is 5.89. The number of nitrogens with one attached hydrogen (secondary N) is 1. The number of likely N-dealkylation sites (N-methyl/N-ethyl adjacent to an activating group) is 1. The van der Waals surface area contributed by atoms with E-state index in [2.05, 4.69) is 31.0 Å². The van der Waals surface area contributed by atoms with Crippen LogP contribution >= 0.6 is 0 Å². The van der Waals surface area contributed by atoms with Crippen LogP contribution in [0.25, 0.3) is 0 Å². The standard InChI is InChI=1S/C16H29N3O2/c1-4-18-7-5-6-14(18)9-17-16(21)13-8-15(20)19(11-13)10-12(2)3/h12-14H,4-11H2,1-3H3,(H,17,21)/t13-,14+/m0/s1. The zero-order chi connectivity index (χ0) is 15.4. The molecular weight excluding hydrogens is 266 g/mol. The molecule has 2 atom stereocenters. The Hall–Kier alpha value is -1.10. The van der Waals surface area contributed by atoms with Gasteiger partial charge in [-0.15, -0.1) is 0 Å². The molecule has 0 aromatic carbocycles. The molecule has 2 amide bonds. The SMILES string of the molecule is CCN1CCC[C@@H]1CNC(=O)[C@H]1CC(=O)N(CC(C)C)C1. The molecule has 0 aromatic rings. The number of rotatable bonds is 6. The number of hydrogen-bond donors (Lipinski definition) is 1. The normalized spacial score (nSPS) is 26.9. The quantitative estimate of drug-likeness (QED) is 0.798. The Kier molecular flexibility index (Phi) is 5.62. The van der Waals surface area contributed by atoms with E-state index in [9.17, 15) is 9.59 Å². The summed E-state index contributed by atoms with van der Waals surface area (Å²) in [5.74, 6) is 0.470. The maximum atomic E-state index is 12.3. The van der Waals surface area contributed by atoms with Gasteiger partial charge in [-0.05, 0) is 31.8 Å². The minimum atomic E-state index is -0.160. The lowest BCUT2D eigenvalue weighted by Gasteiger charge is -2.23. The third-order valence-corrected chi connectivity index (χ3v) is 4.59. The topological polar surface area (TPSA) is 52.7 Å². The van der Waals surface area contributed by atoms with E-state index < -0.39 is 0 Å². The molecule has 0 aliphatic carbocycles. The van der Waals surface area contributed by atoms with Crippen LogP contribution in [0, 0.1) is 11.8 Å². The van der Waals surface area contributed by atoms with Crippen LogP contribution < -0.4 is 5.32 Å². The molecule has 5 nitrogen and oxygen atoms in total. The third-order valence-electron chi connectivity index (χ3n) is 4.59. The Morgan fingerprint density at radius 2 is 2.19 bits per heavy atom. The second kappa shape index (κ2) is 7.25. The Morgan fingerprint density at radius 1 is 1.43 bits per heavy atom. The zero-order valence-corrected chi connectivity index (χ0v) is 13.6. The van der Waals surface area contributed by atoms with E-state index in [-0.39, 0.29) is 17.7 Å². The molecule has 2 aliphatic rings. The minimum Gasteiger partial charge on any atom is -0.354 e. The average molecular weight is 295 g/mol. The zero-order valence-electron chi connectivity index (χ0n) is 13.6. The van der Waals surface area contributed by atoms with Gasteiger partial charge >= 0.3 is 0 Å². The van der Waals surface area contributed by atoms with Crippen molar-refractivity contribution in [3.8, 4) is 0 Å². The Labute approximate surface area is 128 Å². The van der Waals surface area contributed by atoms with Gasteiger partial charge in [0.2, 0.25) is 11.8 Å². The monoisotopic (exact) mass is 295 g/mol. The number of likely N-dealkylation sites (tertiary alicyclic amines) is 2. The van der Waals surface area contributed by atoms with Crippen LogP contribution in [0.1, 0.15) is 40.0 Å². The molecule has 120 valence electrons. The highest BCUT2D eigenvalue weighted by Crippen LogP contribution is 2.20. The van der Waals surface area contributed by atoms with Gasteiger partial charge in [0.1, 0.15) is 0 Å². The number of carbonyl (C=O) groups excluding carboxylic acids is 2. The lowest BCUT2D eigenvalue weighted by molar-refractivity contribution is -0.129. The van der Waals surface area contributed by atoms with E-state index in [1.807, 2.05) is 4.90 Å². The van der Waals surface area contributed by atoms with Crippen LogP contribution in [-0.4, -0.2) is 60.4 Å². The molecule has 0 unspecified atom stereocenters. The molecule has 0 aromatic heterocycles. The minimum absolute atomic E-state index is 0.0533. The molecule has 2 saturated heterocycles. The summed E-state index contributed by atoms with van der Waals surface area (Å²) in [6.07, 6.45) is 2.76. The van der Waals surface area contributed by atoms with Crippen molar-refractivity contribution in [3.05, 3.63) is 0 Å².